The summed E-state index contributed by atoms with van der Waals surface area (Å²) in [4.78, 5) is 98.2. The summed E-state index contributed by atoms with van der Waals surface area (Å²) in [5.41, 5.74) is 0.326. The van der Waals surface area contributed by atoms with Gasteiger partial charge >= 0.3 is 41.8 Å². The van der Waals surface area contributed by atoms with Gasteiger partial charge in [-0.3, -0.25) is 0 Å². The third-order valence-electron chi connectivity index (χ3n) is 12.5. The molecule has 18 heteroatoms. The fourth-order valence-corrected chi connectivity index (χ4v) is 8.51. The maximum atomic E-state index is 14.4. The van der Waals surface area contributed by atoms with E-state index in [9.17, 15) is 38.7 Å². The highest BCUT2D eigenvalue weighted by molar-refractivity contribution is 5.93. The van der Waals surface area contributed by atoms with Crippen molar-refractivity contribution in [3.8, 4) is 0 Å². The lowest BCUT2D eigenvalue weighted by atomic mass is 9.96. The third kappa shape index (κ3) is 13.8. The summed E-state index contributed by atoms with van der Waals surface area (Å²) in [5, 5.41) is 12.2. The molecule has 0 spiro atoms. The molecule has 10 atom stereocenters. The van der Waals surface area contributed by atoms with Crippen LogP contribution in [0.3, 0.4) is 0 Å². The van der Waals surface area contributed by atoms with Crippen molar-refractivity contribution in [3.05, 3.63) is 251 Å². The van der Waals surface area contributed by atoms with E-state index in [1.165, 1.54) is 84.9 Å². The zero-order valence-corrected chi connectivity index (χ0v) is 41.8. The molecule has 0 aliphatic carbocycles. The van der Waals surface area contributed by atoms with Gasteiger partial charge in [-0.25, -0.2) is 33.6 Å². The van der Waals surface area contributed by atoms with Gasteiger partial charge in [-0.15, -0.1) is 0 Å². The van der Waals surface area contributed by atoms with Crippen LogP contribution < -0.4 is 0 Å². The number of benzene rings is 7. The van der Waals surface area contributed by atoms with Crippen molar-refractivity contribution in [2.24, 2.45) is 0 Å². The molecule has 2 fully saturated rings. The van der Waals surface area contributed by atoms with Crippen molar-refractivity contribution in [3.63, 3.8) is 0 Å². The molecule has 402 valence electrons. The molecular weight excluding hydrogens is 1020 g/mol. The molecule has 9 rings (SSSR count). The van der Waals surface area contributed by atoms with Crippen LogP contribution in [-0.2, 0) is 47.4 Å². The summed E-state index contributed by atoms with van der Waals surface area (Å²) in [6, 6.07) is 54.1. The highest BCUT2D eigenvalue weighted by Crippen LogP contribution is 2.36. The van der Waals surface area contributed by atoms with Crippen molar-refractivity contribution >= 4 is 41.8 Å². The van der Waals surface area contributed by atoms with Crippen LogP contribution >= 0.6 is 0 Å². The Hall–Kier alpha value is -9.33. The Kier molecular flexibility index (Phi) is 18.0. The molecule has 0 amide bonds. The minimum atomic E-state index is -2.08. The van der Waals surface area contributed by atoms with Gasteiger partial charge in [0.15, 0.2) is 30.5 Å². The van der Waals surface area contributed by atoms with Gasteiger partial charge < -0.3 is 52.5 Å². The predicted octanol–water partition coefficient (Wildman–Crippen LogP) is 7.66. The Morgan fingerprint density at radius 1 is 0.304 bits per heavy atom. The van der Waals surface area contributed by atoms with E-state index in [0.29, 0.717) is 0 Å². The summed E-state index contributed by atoms with van der Waals surface area (Å²) in [6.45, 7) is -1.47. The lowest BCUT2D eigenvalue weighted by molar-refractivity contribution is -0.373. The minimum absolute atomic E-state index is 0.00244. The molecule has 0 radical (unpaired) electrons. The highest BCUT2D eigenvalue weighted by Gasteiger charge is 2.58. The second-order valence-corrected chi connectivity index (χ2v) is 17.8. The molecule has 79 heavy (non-hydrogen) atoms. The summed E-state index contributed by atoms with van der Waals surface area (Å²) < 4.78 is 61.9. The predicted molar refractivity (Wildman–Crippen MR) is 276 cm³/mol. The maximum absolute atomic E-state index is 14.4. The average Bonchev–Trinajstić information content (AvgIpc) is 3.58. The van der Waals surface area contributed by atoms with E-state index >= 15 is 0 Å². The van der Waals surface area contributed by atoms with Crippen LogP contribution in [-0.4, -0.2) is 122 Å². The molecule has 2 saturated heterocycles. The summed E-state index contributed by atoms with van der Waals surface area (Å²) in [7, 11) is 0. The summed E-state index contributed by atoms with van der Waals surface area (Å²) in [5.74, 6) is -6.69. The molecule has 2 heterocycles. The normalized spacial score (nSPS) is 22.4. The Morgan fingerprint density at radius 3 is 0.873 bits per heavy atom. The third-order valence-corrected chi connectivity index (χ3v) is 12.5. The second-order valence-electron chi connectivity index (χ2n) is 17.8. The topological polar surface area (TPSA) is 232 Å². The molecule has 0 aromatic heterocycles. The Morgan fingerprint density at radius 2 is 0.544 bits per heavy atom. The quantitative estimate of drug-likeness (QED) is 0.0642. The van der Waals surface area contributed by atoms with Crippen molar-refractivity contribution < 1.29 is 86.0 Å². The number of hydrogen-bond acceptors (Lipinski definition) is 18. The first-order chi connectivity index (χ1) is 38.5. The first-order valence-corrected chi connectivity index (χ1v) is 24.9. The van der Waals surface area contributed by atoms with Crippen LogP contribution in [0.25, 0.3) is 0 Å². The van der Waals surface area contributed by atoms with Crippen LogP contribution in [0.4, 0.5) is 0 Å². The van der Waals surface area contributed by atoms with E-state index < -0.39 is 116 Å². The number of carbonyl (C=O) groups excluding carboxylic acids is 7. The molecule has 0 bridgehead atoms. The van der Waals surface area contributed by atoms with Crippen LogP contribution in [0.15, 0.2) is 212 Å². The first-order valence-electron chi connectivity index (χ1n) is 24.9. The molecule has 18 nitrogen and oxygen atoms in total. The molecule has 2 aliphatic heterocycles. The zero-order chi connectivity index (χ0) is 55.1. The van der Waals surface area contributed by atoms with Crippen LogP contribution in [0, 0.1) is 0 Å². The van der Waals surface area contributed by atoms with Crippen molar-refractivity contribution in [1.82, 2.24) is 0 Å². The number of esters is 7. The number of aliphatic hydroxyl groups is 1. The molecule has 2 aliphatic rings. The number of carbonyl (C=O) groups is 7. The summed E-state index contributed by atoms with van der Waals surface area (Å²) in [6.07, 6.45) is -18.9. The monoisotopic (exact) mass is 1070 g/mol. The maximum Gasteiger partial charge on any atom is 0.338 e. The van der Waals surface area contributed by atoms with Gasteiger partial charge in [0, 0.05) is 0 Å². The largest absolute Gasteiger partial charge is 0.459 e. The van der Waals surface area contributed by atoms with Gasteiger partial charge in [0.25, 0.3) is 0 Å². The molecular formula is C61H50O18. The summed E-state index contributed by atoms with van der Waals surface area (Å²) >= 11 is 0. The van der Waals surface area contributed by atoms with Crippen molar-refractivity contribution in [1.29, 1.82) is 0 Å². The van der Waals surface area contributed by atoms with E-state index in [1.54, 1.807) is 127 Å². The SMILES string of the molecule is O=C(OC[C@H]1O[C@H](O[C@@H]2O[C@H](COC(=O)c3ccccc3)[C@@H](OC(=O)c3ccccc3)[C@H](OC(=O)c3ccccc3)[C@H]2OC(=O)c2ccccc2)[C@H](OC(=O)c2ccccc2)[C@@H](OC(=O)c2ccccc2)[C@@H]1O)c1ccccc1. The number of aliphatic hydroxyl groups excluding tert-OH is 1. The van der Waals surface area contributed by atoms with Crippen LogP contribution in [0.2, 0.25) is 0 Å². The highest BCUT2D eigenvalue weighted by atomic mass is 16.8. The van der Waals surface area contributed by atoms with Gasteiger partial charge in [0.05, 0.1) is 38.9 Å². The number of hydrogen-bond donors (Lipinski definition) is 1. The molecule has 1 N–H and O–H groups in total. The van der Waals surface area contributed by atoms with Gasteiger partial charge in [-0.2, -0.15) is 0 Å². The van der Waals surface area contributed by atoms with E-state index in [1.807, 2.05) is 0 Å². The molecule has 7 aromatic rings. The average molecular weight is 1070 g/mol. The number of rotatable bonds is 18. The molecule has 0 saturated carbocycles. The fourth-order valence-electron chi connectivity index (χ4n) is 8.51. The van der Waals surface area contributed by atoms with E-state index in [4.69, 9.17) is 47.4 Å². The molecule has 7 aromatic carbocycles. The van der Waals surface area contributed by atoms with Crippen LogP contribution in [0.5, 0.6) is 0 Å². The van der Waals surface area contributed by atoms with Gasteiger partial charge in [-0.1, -0.05) is 127 Å². The van der Waals surface area contributed by atoms with E-state index in [2.05, 4.69) is 0 Å². The van der Waals surface area contributed by atoms with Gasteiger partial charge in [0.2, 0.25) is 12.6 Å². The minimum Gasteiger partial charge on any atom is -0.459 e. The lowest BCUT2D eigenvalue weighted by Crippen LogP contribution is -2.66. The van der Waals surface area contributed by atoms with Crippen molar-refractivity contribution in [2.75, 3.05) is 13.2 Å². The zero-order valence-electron chi connectivity index (χ0n) is 41.8. The lowest BCUT2D eigenvalue weighted by Gasteiger charge is -2.47. The van der Waals surface area contributed by atoms with E-state index in [0.717, 1.165) is 0 Å². The van der Waals surface area contributed by atoms with E-state index in [-0.39, 0.29) is 38.9 Å². The fraction of sp³-hybridized carbons (Fsp3) is 0.197. The first kappa shape index (κ1) is 54.5. The second kappa shape index (κ2) is 26.1. The Labute approximate surface area is 452 Å². The Balaban J connectivity index is 1.16. The number of ether oxygens (including phenoxy) is 10. The smallest absolute Gasteiger partial charge is 0.338 e. The van der Waals surface area contributed by atoms with Gasteiger partial charge in [-0.05, 0) is 84.9 Å². The Bertz CT molecular complexity index is 3170. The van der Waals surface area contributed by atoms with Crippen LogP contribution in [0.1, 0.15) is 72.5 Å². The standard InChI is InChI=1S/C61H50O18/c62-47-45(36-70-53(63)38-22-8-1-9-23-38)72-60(51(77-58(68)43-32-18-6-19-33-43)49(47)75-56(66)41-28-14-4-15-29-41)79-61-52(78-59(69)44-34-20-7-21-35-44)50(76-57(67)42-30-16-5-17-31-42)48(74-55(65)40-26-12-3-13-27-40)46(73-61)37-71-54(64)39-24-10-2-11-25-39/h1-35,45-52,60-62H,36-37H2/t45-,46-,47-,48-,49+,50+,51-,52-,60-,61+/m1/s1. The van der Waals surface area contributed by atoms with Gasteiger partial charge in [0.1, 0.15) is 31.5 Å². The van der Waals surface area contributed by atoms with Crippen molar-refractivity contribution in [2.45, 2.75) is 61.4 Å². The molecule has 0 unspecified atom stereocenters.